The lowest BCUT2D eigenvalue weighted by molar-refractivity contribution is -0.112. The lowest BCUT2D eigenvalue weighted by atomic mass is 10.0. The quantitative estimate of drug-likeness (QED) is 0.150. The Balaban J connectivity index is 1.88. The number of thiophene rings is 1. The van der Waals surface area contributed by atoms with E-state index in [-0.39, 0.29) is 12.2 Å². The summed E-state index contributed by atoms with van der Waals surface area (Å²) in [5.74, 6) is -0.380. The maximum absolute atomic E-state index is 13.0. The summed E-state index contributed by atoms with van der Waals surface area (Å²) in [6.07, 6.45) is 3.53. The van der Waals surface area contributed by atoms with E-state index in [1.165, 1.54) is 17.4 Å². The van der Waals surface area contributed by atoms with Crippen molar-refractivity contribution >= 4 is 34.3 Å². The zero-order valence-corrected chi connectivity index (χ0v) is 20.9. The Morgan fingerprint density at radius 3 is 2.43 bits per heavy atom. The number of ether oxygens (including phenoxy) is 2. The van der Waals surface area contributed by atoms with Crippen molar-refractivity contribution in [2.45, 2.75) is 33.6 Å². The zero-order chi connectivity index (χ0) is 25.2. The molecular formula is C28H28N2O4S. The molecule has 1 amide bonds. The van der Waals surface area contributed by atoms with Crippen LogP contribution < -0.4 is 10.1 Å². The molecule has 3 aromatic rings. The summed E-state index contributed by atoms with van der Waals surface area (Å²) in [5.41, 5.74) is 2.47. The molecule has 180 valence electrons. The van der Waals surface area contributed by atoms with E-state index in [1.54, 1.807) is 19.1 Å². The van der Waals surface area contributed by atoms with Crippen molar-refractivity contribution in [1.29, 1.82) is 5.26 Å². The minimum atomic E-state index is -0.595. The number of nitrogens with one attached hydrogen (secondary N) is 1. The van der Waals surface area contributed by atoms with Gasteiger partial charge in [-0.25, -0.2) is 4.79 Å². The Hall–Kier alpha value is -3.89. The number of hydrogen-bond donors (Lipinski definition) is 1. The molecular weight excluding hydrogens is 460 g/mol. The molecule has 0 fully saturated rings. The first-order chi connectivity index (χ1) is 17.0. The fraction of sp³-hybridized carbons (Fsp3) is 0.250. The predicted molar refractivity (Wildman–Crippen MR) is 140 cm³/mol. The van der Waals surface area contributed by atoms with Gasteiger partial charge in [-0.15, -0.1) is 11.3 Å². The number of benzene rings is 2. The molecule has 1 heterocycles. The number of unbranched alkanes of at least 4 members (excludes halogenated alkanes) is 1. The maximum Gasteiger partial charge on any atom is 0.341 e. The third-order valence-electron chi connectivity index (χ3n) is 5.18. The van der Waals surface area contributed by atoms with Gasteiger partial charge in [0.05, 0.1) is 13.2 Å². The second kappa shape index (κ2) is 12.5. The second-order valence-electron chi connectivity index (χ2n) is 7.72. The monoisotopic (exact) mass is 488 g/mol. The van der Waals surface area contributed by atoms with Crippen molar-refractivity contribution in [2.75, 3.05) is 18.5 Å². The zero-order valence-electron chi connectivity index (χ0n) is 20.1. The van der Waals surface area contributed by atoms with Gasteiger partial charge in [0.25, 0.3) is 5.91 Å². The summed E-state index contributed by atoms with van der Waals surface area (Å²) in [4.78, 5) is 26.7. The highest BCUT2D eigenvalue weighted by Crippen LogP contribution is 2.40. The summed E-state index contributed by atoms with van der Waals surface area (Å²) in [6.45, 7) is 6.56. The van der Waals surface area contributed by atoms with Gasteiger partial charge in [-0.3, -0.25) is 4.79 Å². The normalized spacial score (nSPS) is 11.0. The largest absolute Gasteiger partial charge is 0.494 e. The third kappa shape index (κ3) is 6.58. The number of nitriles is 1. The molecule has 35 heavy (non-hydrogen) atoms. The lowest BCUT2D eigenvalue weighted by Gasteiger charge is -2.09. The first-order valence-electron chi connectivity index (χ1n) is 11.5. The van der Waals surface area contributed by atoms with Crippen LogP contribution in [0.1, 0.15) is 47.5 Å². The van der Waals surface area contributed by atoms with Crippen LogP contribution in [0.5, 0.6) is 5.75 Å². The van der Waals surface area contributed by atoms with E-state index in [0.717, 1.165) is 29.0 Å². The van der Waals surface area contributed by atoms with Crippen molar-refractivity contribution in [3.63, 3.8) is 0 Å². The van der Waals surface area contributed by atoms with Crippen molar-refractivity contribution < 1.29 is 19.1 Å². The molecule has 1 N–H and O–H groups in total. The Kier molecular flexibility index (Phi) is 9.22. The molecule has 0 saturated heterocycles. The molecule has 7 heteroatoms. The number of nitrogens with zero attached hydrogens (tertiary/aromatic N) is 1. The van der Waals surface area contributed by atoms with Gasteiger partial charge in [-0.05, 0) is 49.6 Å². The van der Waals surface area contributed by atoms with Crippen LogP contribution in [-0.2, 0) is 9.53 Å². The molecule has 1 aromatic heterocycles. The first kappa shape index (κ1) is 25.7. The summed E-state index contributed by atoms with van der Waals surface area (Å²) in [5, 5.41) is 12.8. The molecule has 3 rings (SSSR count). The van der Waals surface area contributed by atoms with Crippen LogP contribution >= 0.6 is 11.3 Å². The summed E-state index contributed by atoms with van der Waals surface area (Å²) >= 11 is 1.28. The van der Waals surface area contributed by atoms with E-state index in [0.29, 0.717) is 28.3 Å². The van der Waals surface area contributed by atoms with Crippen LogP contribution in [0.15, 0.2) is 60.2 Å². The van der Waals surface area contributed by atoms with Gasteiger partial charge in [0.2, 0.25) is 0 Å². The fourth-order valence-electron chi connectivity index (χ4n) is 3.46. The minimum absolute atomic E-state index is 0.0771. The minimum Gasteiger partial charge on any atom is -0.494 e. The van der Waals surface area contributed by atoms with Crippen molar-refractivity contribution in [3.8, 4) is 22.9 Å². The van der Waals surface area contributed by atoms with Crippen LogP contribution in [0, 0.1) is 18.3 Å². The number of aryl methyl sites for hydroxylation is 1. The number of esters is 1. The van der Waals surface area contributed by atoms with Gasteiger partial charge in [-0.2, -0.15) is 5.26 Å². The van der Waals surface area contributed by atoms with Crippen LogP contribution in [-0.4, -0.2) is 25.1 Å². The highest BCUT2D eigenvalue weighted by molar-refractivity contribution is 7.17. The van der Waals surface area contributed by atoms with E-state index in [1.807, 2.05) is 55.5 Å². The molecule has 0 bridgehead atoms. The average molecular weight is 489 g/mol. The van der Waals surface area contributed by atoms with Crippen molar-refractivity contribution in [1.82, 2.24) is 0 Å². The number of carbonyl (C=O) groups is 2. The Bertz CT molecular complexity index is 1240. The van der Waals surface area contributed by atoms with Crippen LogP contribution in [0.2, 0.25) is 0 Å². The Morgan fingerprint density at radius 1 is 1.09 bits per heavy atom. The summed E-state index contributed by atoms with van der Waals surface area (Å²) < 4.78 is 10.9. The summed E-state index contributed by atoms with van der Waals surface area (Å²) in [7, 11) is 0. The standard InChI is InChI=1S/C28H28N2O4S/c1-4-6-16-34-23-14-12-20(13-15-23)17-22(18-29)26(31)30-27-25(28(32)33-5-2)24(19(3)35-27)21-10-8-7-9-11-21/h7-15,17H,4-6,16H2,1-3H3,(H,30,31)/b22-17+. The van der Waals surface area contributed by atoms with Gasteiger partial charge in [0, 0.05) is 10.4 Å². The molecule has 0 atom stereocenters. The van der Waals surface area contributed by atoms with Crippen LogP contribution in [0.25, 0.3) is 17.2 Å². The van der Waals surface area contributed by atoms with Gasteiger partial charge >= 0.3 is 5.97 Å². The highest BCUT2D eigenvalue weighted by atomic mass is 32.1. The Labute approximate surface area is 209 Å². The van der Waals surface area contributed by atoms with E-state index in [2.05, 4.69) is 12.2 Å². The highest BCUT2D eigenvalue weighted by Gasteiger charge is 2.26. The maximum atomic E-state index is 13.0. The number of carbonyl (C=O) groups excluding carboxylic acids is 2. The molecule has 0 saturated carbocycles. The van der Waals surface area contributed by atoms with Gasteiger partial charge in [0.1, 0.15) is 28.0 Å². The Morgan fingerprint density at radius 2 is 1.80 bits per heavy atom. The van der Waals surface area contributed by atoms with Gasteiger partial charge in [-0.1, -0.05) is 55.8 Å². The van der Waals surface area contributed by atoms with Gasteiger partial charge < -0.3 is 14.8 Å². The molecule has 6 nitrogen and oxygen atoms in total. The van der Waals surface area contributed by atoms with Crippen LogP contribution in [0.4, 0.5) is 5.00 Å². The molecule has 0 aliphatic heterocycles. The molecule has 0 spiro atoms. The first-order valence-corrected chi connectivity index (χ1v) is 12.3. The van der Waals surface area contributed by atoms with Crippen molar-refractivity contribution in [2.24, 2.45) is 0 Å². The molecule has 0 radical (unpaired) electrons. The summed E-state index contributed by atoms with van der Waals surface area (Å²) in [6, 6.07) is 18.6. The second-order valence-corrected chi connectivity index (χ2v) is 8.94. The number of hydrogen-bond acceptors (Lipinski definition) is 6. The average Bonchev–Trinajstić information content (AvgIpc) is 3.19. The van der Waals surface area contributed by atoms with E-state index in [4.69, 9.17) is 9.47 Å². The fourth-order valence-corrected chi connectivity index (χ4v) is 4.52. The van der Waals surface area contributed by atoms with E-state index >= 15 is 0 Å². The van der Waals surface area contributed by atoms with Crippen LogP contribution in [0.3, 0.4) is 0 Å². The molecule has 0 aliphatic rings. The topological polar surface area (TPSA) is 88.4 Å². The number of rotatable bonds is 10. The molecule has 0 unspecified atom stereocenters. The lowest BCUT2D eigenvalue weighted by Crippen LogP contribution is -2.16. The smallest absolute Gasteiger partial charge is 0.341 e. The van der Waals surface area contributed by atoms with Crippen molar-refractivity contribution in [3.05, 3.63) is 76.2 Å². The van der Waals surface area contributed by atoms with E-state index < -0.39 is 11.9 Å². The van der Waals surface area contributed by atoms with E-state index in [9.17, 15) is 14.9 Å². The number of anilines is 1. The SMILES string of the molecule is CCCCOc1ccc(/C=C(\C#N)C(=O)Nc2sc(C)c(-c3ccccc3)c2C(=O)OCC)cc1. The predicted octanol–water partition coefficient (Wildman–Crippen LogP) is 6.62. The molecule has 2 aromatic carbocycles. The van der Waals surface area contributed by atoms with Gasteiger partial charge in [0.15, 0.2) is 0 Å². The number of amides is 1. The molecule has 0 aliphatic carbocycles. The third-order valence-corrected chi connectivity index (χ3v) is 6.20.